The summed E-state index contributed by atoms with van der Waals surface area (Å²) in [5, 5.41) is 17.5. The minimum atomic E-state index is -0.419. The maximum atomic E-state index is 12.8. The Labute approximate surface area is 95.5 Å². The van der Waals surface area contributed by atoms with E-state index < -0.39 is 5.82 Å². The first kappa shape index (κ1) is 10.5. The lowest BCUT2D eigenvalue weighted by molar-refractivity contribution is 0.627. The van der Waals surface area contributed by atoms with E-state index in [9.17, 15) is 4.39 Å². The standard InChI is InChI=1S/C10H7FN4S/c11-8-1-2-10(7(3-8)4-12)13-5-9-6-16-15-14-9/h1-3,6,13H,5H2. The molecule has 1 N–H and O–H groups in total. The van der Waals surface area contributed by atoms with Gasteiger partial charge >= 0.3 is 0 Å². The number of benzene rings is 1. The highest BCUT2D eigenvalue weighted by atomic mass is 32.1. The first-order valence-corrected chi connectivity index (χ1v) is 5.32. The van der Waals surface area contributed by atoms with Crippen LogP contribution in [0, 0.1) is 17.1 Å². The van der Waals surface area contributed by atoms with Gasteiger partial charge in [0.15, 0.2) is 0 Å². The number of hydrogen-bond acceptors (Lipinski definition) is 5. The fourth-order valence-corrected chi connectivity index (χ4v) is 1.66. The second-order valence-electron chi connectivity index (χ2n) is 3.05. The number of hydrogen-bond donors (Lipinski definition) is 1. The minimum absolute atomic E-state index is 0.281. The Hall–Kier alpha value is -2.00. The van der Waals surface area contributed by atoms with Gasteiger partial charge in [0, 0.05) is 5.38 Å². The summed E-state index contributed by atoms with van der Waals surface area (Å²) < 4.78 is 16.6. The van der Waals surface area contributed by atoms with E-state index in [4.69, 9.17) is 5.26 Å². The van der Waals surface area contributed by atoms with Crippen LogP contribution in [-0.2, 0) is 6.54 Å². The van der Waals surface area contributed by atoms with Crippen LogP contribution in [0.2, 0.25) is 0 Å². The Bertz CT molecular complexity index is 518. The van der Waals surface area contributed by atoms with Gasteiger partial charge in [0.05, 0.1) is 23.5 Å². The van der Waals surface area contributed by atoms with Crippen LogP contribution < -0.4 is 5.32 Å². The number of nitrogens with zero attached hydrogens (tertiary/aromatic N) is 3. The van der Waals surface area contributed by atoms with Crippen LogP contribution in [-0.4, -0.2) is 9.59 Å². The summed E-state index contributed by atoms with van der Waals surface area (Å²) in [6, 6.07) is 5.97. The first-order valence-electron chi connectivity index (χ1n) is 4.49. The van der Waals surface area contributed by atoms with Crippen LogP contribution in [0.15, 0.2) is 23.6 Å². The van der Waals surface area contributed by atoms with Crippen molar-refractivity contribution in [1.29, 1.82) is 5.26 Å². The molecule has 1 aromatic carbocycles. The normalized spacial score (nSPS) is 9.75. The van der Waals surface area contributed by atoms with Crippen molar-refractivity contribution in [2.24, 2.45) is 0 Å². The van der Waals surface area contributed by atoms with Crippen molar-refractivity contribution in [3.05, 3.63) is 40.7 Å². The molecule has 2 aromatic rings. The van der Waals surface area contributed by atoms with Gasteiger partial charge in [0.2, 0.25) is 0 Å². The fraction of sp³-hybridized carbons (Fsp3) is 0.100. The van der Waals surface area contributed by atoms with E-state index in [0.717, 1.165) is 5.69 Å². The maximum absolute atomic E-state index is 12.8. The van der Waals surface area contributed by atoms with Crippen LogP contribution in [0.4, 0.5) is 10.1 Å². The molecule has 0 aliphatic rings. The molecule has 0 fully saturated rings. The molecule has 0 bridgehead atoms. The summed E-state index contributed by atoms with van der Waals surface area (Å²) >= 11 is 1.26. The molecule has 0 amide bonds. The first-order chi connectivity index (χ1) is 7.79. The summed E-state index contributed by atoms with van der Waals surface area (Å²) in [7, 11) is 0. The van der Waals surface area contributed by atoms with Gasteiger partial charge in [-0.3, -0.25) is 0 Å². The third kappa shape index (κ3) is 2.32. The van der Waals surface area contributed by atoms with E-state index in [1.54, 1.807) is 0 Å². The van der Waals surface area contributed by atoms with E-state index in [2.05, 4.69) is 14.9 Å². The Kier molecular flexibility index (Phi) is 3.08. The SMILES string of the molecule is N#Cc1cc(F)ccc1NCc1csnn1. The quantitative estimate of drug-likeness (QED) is 0.884. The van der Waals surface area contributed by atoms with Crippen molar-refractivity contribution in [3.63, 3.8) is 0 Å². The molecule has 0 spiro atoms. The Morgan fingerprint density at radius 3 is 3.06 bits per heavy atom. The molecule has 1 aromatic heterocycles. The molecule has 0 saturated carbocycles. The minimum Gasteiger partial charge on any atom is -0.378 e. The molecular formula is C10H7FN4S. The van der Waals surface area contributed by atoms with E-state index in [-0.39, 0.29) is 5.56 Å². The zero-order valence-electron chi connectivity index (χ0n) is 8.14. The number of aromatic nitrogens is 2. The van der Waals surface area contributed by atoms with E-state index in [1.165, 1.54) is 29.7 Å². The highest BCUT2D eigenvalue weighted by Crippen LogP contribution is 2.16. The Balaban J connectivity index is 2.13. The molecular weight excluding hydrogens is 227 g/mol. The number of anilines is 1. The van der Waals surface area contributed by atoms with Gasteiger partial charge in [0.25, 0.3) is 0 Å². The molecule has 4 nitrogen and oxygen atoms in total. The van der Waals surface area contributed by atoms with Crippen molar-refractivity contribution in [1.82, 2.24) is 9.59 Å². The summed E-state index contributed by atoms with van der Waals surface area (Å²) in [5.74, 6) is -0.419. The number of rotatable bonds is 3. The molecule has 16 heavy (non-hydrogen) atoms. The second kappa shape index (κ2) is 4.68. The molecule has 1 heterocycles. The maximum Gasteiger partial charge on any atom is 0.124 e. The molecule has 0 radical (unpaired) electrons. The molecule has 2 rings (SSSR count). The van der Waals surface area contributed by atoms with E-state index in [1.807, 2.05) is 11.4 Å². The number of halogens is 1. The highest BCUT2D eigenvalue weighted by Gasteiger charge is 2.04. The average Bonchev–Trinajstić information content (AvgIpc) is 2.80. The van der Waals surface area contributed by atoms with Crippen LogP contribution in [0.25, 0.3) is 0 Å². The van der Waals surface area contributed by atoms with Gasteiger partial charge in [-0.1, -0.05) is 4.49 Å². The van der Waals surface area contributed by atoms with Crippen LogP contribution in [0.1, 0.15) is 11.3 Å². The lowest BCUT2D eigenvalue weighted by Gasteiger charge is -2.05. The van der Waals surface area contributed by atoms with Crippen molar-refractivity contribution in [2.75, 3.05) is 5.32 Å². The zero-order chi connectivity index (χ0) is 11.4. The molecule has 0 aliphatic heterocycles. The molecule has 0 saturated heterocycles. The third-order valence-electron chi connectivity index (χ3n) is 1.97. The van der Waals surface area contributed by atoms with E-state index >= 15 is 0 Å². The van der Waals surface area contributed by atoms with Crippen molar-refractivity contribution < 1.29 is 4.39 Å². The predicted octanol–water partition coefficient (Wildman–Crippen LogP) is 2.16. The lowest BCUT2D eigenvalue weighted by atomic mass is 10.2. The summed E-state index contributed by atoms with van der Waals surface area (Å²) in [6.45, 7) is 0.469. The largest absolute Gasteiger partial charge is 0.378 e. The van der Waals surface area contributed by atoms with Crippen LogP contribution in [0.3, 0.4) is 0 Å². The van der Waals surface area contributed by atoms with Crippen molar-refractivity contribution in [3.8, 4) is 6.07 Å². The van der Waals surface area contributed by atoms with Gasteiger partial charge in [0.1, 0.15) is 11.9 Å². The zero-order valence-corrected chi connectivity index (χ0v) is 8.96. The van der Waals surface area contributed by atoms with Crippen LogP contribution >= 0.6 is 11.5 Å². The van der Waals surface area contributed by atoms with Gasteiger partial charge < -0.3 is 5.32 Å². The molecule has 6 heteroatoms. The smallest absolute Gasteiger partial charge is 0.124 e. The average molecular weight is 234 g/mol. The van der Waals surface area contributed by atoms with Gasteiger partial charge in [-0.05, 0) is 29.7 Å². The number of nitrogens with one attached hydrogen (secondary N) is 1. The van der Waals surface area contributed by atoms with Crippen molar-refractivity contribution >= 4 is 17.2 Å². The predicted molar refractivity (Wildman–Crippen MR) is 58.4 cm³/mol. The third-order valence-corrected chi connectivity index (χ3v) is 2.52. The highest BCUT2D eigenvalue weighted by molar-refractivity contribution is 7.03. The second-order valence-corrected chi connectivity index (χ2v) is 3.66. The van der Waals surface area contributed by atoms with Crippen LogP contribution in [0.5, 0.6) is 0 Å². The lowest BCUT2D eigenvalue weighted by Crippen LogP contribution is -2.01. The summed E-state index contributed by atoms with van der Waals surface area (Å²) in [4.78, 5) is 0. The Morgan fingerprint density at radius 2 is 2.38 bits per heavy atom. The topological polar surface area (TPSA) is 61.6 Å². The van der Waals surface area contributed by atoms with Gasteiger partial charge in [-0.2, -0.15) is 5.26 Å². The summed E-state index contributed by atoms with van der Waals surface area (Å²) in [5.41, 5.74) is 1.67. The molecule has 0 aliphatic carbocycles. The molecule has 80 valence electrons. The van der Waals surface area contributed by atoms with Gasteiger partial charge in [-0.15, -0.1) is 5.10 Å². The number of nitriles is 1. The fourth-order valence-electron chi connectivity index (χ4n) is 1.21. The summed E-state index contributed by atoms with van der Waals surface area (Å²) in [6.07, 6.45) is 0. The molecule has 0 unspecified atom stereocenters. The van der Waals surface area contributed by atoms with E-state index in [0.29, 0.717) is 12.2 Å². The molecule has 0 atom stereocenters. The van der Waals surface area contributed by atoms with Gasteiger partial charge in [-0.25, -0.2) is 4.39 Å². The van der Waals surface area contributed by atoms with Crippen molar-refractivity contribution in [2.45, 2.75) is 6.54 Å². The Morgan fingerprint density at radius 1 is 1.50 bits per heavy atom. The monoisotopic (exact) mass is 234 g/mol.